The zero-order chi connectivity index (χ0) is 19.9. The summed E-state index contributed by atoms with van der Waals surface area (Å²) in [4.78, 5) is 30.9. The summed E-state index contributed by atoms with van der Waals surface area (Å²) in [6, 6.07) is 14.9. The maximum atomic E-state index is 12.8. The monoisotopic (exact) mass is 378 g/mol. The number of aromatic nitrogens is 1. The number of carbonyl (C=O) groups is 2. The van der Waals surface area contributed by atoms with Crippen LogP contribution in [0.1, 0.15) is 36.5 Å². The maximum absolute atomic E-state index is 12.8. The van der Waals surface area contributed by atoms with Gasteiger partial charge in [-0.05, 0) is 44.0 Å². The van der Waals surface area contributed by atoms with Gasteiger partial charge in [0, 0.05) is 24.5 Å². The van der Waals surface area contributed by atoms with E-state index < -0.39 is 12.1 Å². The van der Waals surface area contributed by atoms with Gasteiger partial charge in [0.2, 0.25) is 0 Å². The fourth-order valence-corrected chi connectivity index (χ4v) is 2.67. The van der Waals surface area contributed by atoms with Gasteiger partial charge in [-0.1, -0.05) is 18.2 Å². The average molecular weight is 378 g/mol. The second-order valence-electron chi connectivity index (χ2n) is 6.63. The van der Waals surface area contributed by atoms with Gasteiger partial charge in [0.1, 0.15) is 5.82 Å². The van der Waals surface area contributed by atoms with Crippen LogP contribution in [-0.2, 0) is 9.53 Å². The van der Waals surface area contributed by atoms with Crippen LogP contribution in [0.5, 0.6) is 0 Å². The molecule has 0 saturated heterocycles. The van der Waals surface area contributed by atoms with E-state index in [4.69, 9.17) is 10.00 Å². The van der Waals surface area contributed by atoms with E-state index in [0.29, 0.717) is 11.7 Å². The quantitative estimate of drug-likeness (QED) is 0.709. The molecular formula is C21H22N4O3. The van der Waals surface area contributed by atoms with Crippen molar-refractivity contribution in [3.8, 4) is 6.07 Å². The first kappa shape index (κ1) is 19.4. The topological polar surface area (TPSA) is 95.3 Å². The van der Waals surface area contributed by atoms with Crippen LogP contribution in [0.3, 0.4) is 0 Å². The van der Waals surface area contributed by atoms with Gasteiger partial charge in [0.25, 0.3) is 5.91 Å². The molecule has 2 aromatic rings. The predicted molar refractivity (Wildman–Crippen MR) is 105 cm³/mol. The van der Waals surface area contributed by atoms with Crippen LogP contribution in [0.4, 0.5) is 11.5 Å². The van der Waals surface area contributed by atoms with E-state index in [1.165, 1.54) is 18.0 Å². The maximum Gasteiger partial charge on any atom is 0.340 e. The summed E-state index contributed by atoms with van der Waals surface area (Å²) in [5.74, 6) is -0.274. The molecule has 7 nitrogen and oxygen atoms in total. The smallest absolute Gasteiger partial charge is 0.340 e. The molecule has 1 aromatic carbocycles. The largest absolute Gasteiger partial charge is 0.449 e. The second kappa shape index (κ2) is 9.00. The minimum absolute atomic E-state index is 0.181. The van der Waals surface area contributed by atoms with Crippen LogP contribution < -0.4 is 10.2 Å². The first-order chi connectivity index (χ1) is 13.6. The highest BCUT2D eigenvalue weighted by Gasteiger charge is 2.26. The highest BCUT2D eigenvalue weighted by molar-refractivity contribution is 5.99. The molecule has 28 heavy (non-hydrogen) atoms. The first-order valence-corrected chi connectivity index (χ1v) is 9.25. The van der Waals surface area contributed by atoms with Crippen molar-refractivity contribution in [3.05, 3.63) is 54.2 Å². The number of hydrogen-bond donors (Lipinski definition) is 1. The van der Waals surface area contributed by atoms with E-state index in [1.807, 2.05) is 24.3 Å². The van der Waals surface area contributed by atoms with Gasteiger partial charge in [0.15, 0.2) is 6.10 Å². The highest BCUT2D eigenvalue weighted by atomic mass is 16.5. The van der Waals surface area contributed by atoms with Crippen LogP contribution in [0.2, 0.25) is 0 Å². The number of esters is 1. The first-order valence-electron chi connectivity index (χ1n) is 9.25. The molecule has 1 fully saturated rings. The van der Waals surface area contributed by atoms with E-state index in [2.05, 4.69) is 10.3 Å². The molecule has 1 aliphatic carbocycles. The lowest BCUT2D eigenvalue weighted by molar-refractivity contribution is -0.126. The van der Waals surface area contributed by atoms with Gasteiger partial charge >= 0.3 is 5.97 Å². The van der Waals surface area contributed by atoms with E-state index in [1.54, 1.807) is 24.3 Å². The summed E-state index contributed by atoms with van der Waals surface area (Å²) in [6.07, 6.45) is 2.90. The number of nitrogens with zero attached hydrogens (tertiary/aromatic N) is 3. The molecule has 3 rings (SSSR count). The van der Waals surface area contributed by atoms with E-state index in [0.717, 1.165) is 18.7 Å². The Morgan fingerprint density at radius 1 is 1.29 bits per heavy atom. The van der Waals surface area contributed by atoms with E-state index >= 15 is 0 Å². The van der Waals surface area contributed by atoms with Crippen LogP contribution in [0, 0.1) is 11.3 Å². The third-order valence-electron chi connectivity index (χ3n) is 4.34. The van der Waals surface area contributed by atoms with Crippen LogP contribution in [-0.4, -0.2) is 35.6 Å². The lowest BCUT2D eigenvalue weighted by Gasteiger charge is -2.25. The molecule has 1 aliphatic rings. The van der Waals surface area contributed by atoms with Crippen LogP contribution in [0.15, 0.2) is 48.7 Å². The molecule has 7 heteroatoms. The standard InChI is InChI=1S/C21H22N4O3/c1-15(20(26)25(13-5-12-22)18-6-3-2-4-7-18)28-21(27)16-8-11-19(23-14-16)24-17-9-10-17/h2-4,6-8,11,14-15,17H,5,9-10,13H2,1H3,(H,23,24). The Bertz CT molecular complexity index is 857. The second-order valence-corrected chi connectivity index (χ2v) is 6.63. The lowest BCUT2D eigenvalue weighted by atomic mass is 10.2. The number of nitriles is 1. The van der Waals surface area contributed by atoms with Gasteiger partial charge in [-0.2, -0.15) is 5.26 Å². The van der Waals surface area contributed by atoms with Crippen LogP contribution in [0.25, 0.3) is 0 Å². The third-order valence-corrected chi connectivity index (χ3v) is 4.34. The molecule has 1 saturated carbocycles. The Morgan fingerprint density at radius 3 is 2.64 bits per heavy atom. The number of hydrogen-bond acceptors (Lipinski definition) is 6. The van der Waals surface area contributed by atoms with Crippen molar-refractivity contribution in [2.75, 3.05) is 16.8 Å². The van der Waals surface area contributed by atoms with Gasteiger partial charge < -0.3 is 15.0 Å². The normalized spacial score (nSPS) is 13.9. The molecule has 144 valence electrons. The summed E-state index contributed by atoms with van der Waals surface area (Å²) < 4.78 is 5.34. The molecule has 0 spiro atoms. The molecule has 1 atom stereocenters. The molecule has 0 bridgehead atoms. The summed E-state index contributed by atoms with van der Waals surface area (Å²) >= 11 is 0. The van der Waals surface area contributed by atoms with Gasteiger partial charge in [-0.15, -0.1) is 0 Å². The van der Waals surface area contributed by atoms with E-state index in [9.17, 15) is 9.59 Å². The number of pyridine rings is 1. The molecule has 1 aromatic heterocycles. The number of benzene rings is 1. The minimum Gasteiger partial charge on any atom is -0.449 e. The average Bonchev–Trinajstić information content (AvgIpc) is 3.53. The van der Waals surface area contributed by atoms with Crippen molar-refractivity contribution in [2.24, 2.45) is 0 Å². The summed E-state index contributed by atoms with van der Waals surface area (Å²) in [5, 5.41) is 12.1. The number of carbonyl (C=O) groups excluding carboxylic acids is 2. The van der Waals surface area contributed by atoms with Crippen LogP contribution >= 0.6 is 0 Å². The van der Waals surface area contributed by atoms with Crippen molar-refractivity contribution in [3.63, 3.8) is 0 Å². The van der Waals surface area contributed by atoms with Crippen molar-refractivity contribution in [1.29, 1.82) is 5.26 Å². The summed E-state index contributed by atoms with van der Waals surface area (Å²) in [7, 11) is 0. The van der Waals surface area contributed by atoms with Gasteiger partial charge in [0.05, 0.1) is 18.1 Å². The molecule has 0 aliphatic heterocycles. The number of amides is 1. The summed E-state index contributed by atoms with van der Waals surface area (Å²) in [6.45, 7) is 1.75. The molecular weight excluding hydrogens is 356 g/mol. The third kappa shape index (κ3) is 5.07. The zero-order valence-electron chi connectivity index (χ0n) is 15.7. The van der Waals surface area contributed by atoms with Crippen molar-refractivity contribution < 1.29 is 14.3 Å². The number of rotatable bonds is 8. The Labute approximate surface area is 163 Å². The highest BCUT2D eigenvalue weighted by Crippen LogP contribution is 2.23. The molecule has 0 radical (unpaired) electrons. The number of anilines is 2. The molecule has 1 unspecified atom stereocenters. The van der Waals surface area contributed by atoms with E-state index in [-0.39, 0.29) is 24.4 Å². The number of ether oxygens (including phenoxy) is 1. The number of nitrogens with one attached hydrogen (secondary N) is 1. The molecule has 1 heterocycles. The van der Waals surface area contributed by atoms with Crippen molar-refractivity contribution in [1.82, 2.24) is 4.98 Å². The summed E-state index contributed by atoms with van der Waals surface area (Å²) in [5.41, 5.74) is 0.937. The molecule has 1 amide bonds. The fraction of sp³-hybridized carbons (Fsp3) is 0.333. The Hall–Kier alpha value is -3.40. The van der Waals surface area contributed by atoms with Gasteiger partial charge in [-0.25, -0.2) is 9.78 Å². The Balaban J connectivity index is 1.63. The zero-order valence-corrected chi connectivity index (χ0v) is 15.7. The molecule has 1 N–H and O–H groups in total. The predicted octanol–water partition coefficient (Wildman–Crippen LogP) is 3.15. The fourth-order valence-electron chi connectivity index (χ4n) is 2.67. The van der Waals surface area contributed by atoms with Crippen molar-refractivity contribution >= 4 is 23.4 Å². The Kier molecular flexibility index (Phi) is 6.22. The lowest BCUT2D eigenvalue weighted by Crippen LogP contribution is -2.40. The van der Waals surface area contributed by atoms with Crippen molar-refractivity contribution in [2.45, 2.75) is 38.3 Å². The minimum atomic E-state index is -0.990. The Morgan fingerprint density at radius 2 is 2.04 bits per heavy atom. The SMILES string of the molecule is CC(OC(=O)c1ccc(NC2CC2)nc1)C(=O)N(CCC#N)c1ccccc1. The van der Waals surface area contributed by atoms with Gasteiger partial charge in [-0.3, -0.25) is 4.79 Å². The number of para-hydroxylation sites is 1.